The molecule has 0 saturated heterocycles. The number of nitrogen functional groups attached to an aromatic ring is 1. The van der Waals surface area contributed by atoms with Crippen molar-refractivity contribution in [1.29, 1.82) is 0 Å². The molecule has 0 atom stereocenters. The van der Waals surface area contributed by atoms with E-state index in [1.54, 1.807) is 12.3 Å². The molecule has 18 heavy (non-hydrogen) atoms. The molecule has 1 aromatic heterocycles. The Bertz CT molecular complexity index is 656. The van der Waals surface area contributed by atoms with E-state index in [0.29, 0.717) is 5.82 Å². The molecule has 1 aromatic carbocycles. The number of nitrogens with zero attached hydrogens (tertiary/aromatic N) is 2. The highest BCUT2D eigenvalue weighted by Gasteiger charge is 1.99. The molecule has 0 radical (unpaired) electrons. The number of benzene rings is 1. The number of pyridine rings is 1. The minimum absolute atomic E-state index is 0.226. The molecule has 0 aliphatic heterocycles. The molecule has 2 N–H and O–H groups in total. The van der Waals surface area contributed by atoms with Crippen molar-refractivity contribution in [3.05, 3.63) is 63.4 Å². The van der Waals surface area contributed by atoms with E-state index in [2.05, 4.69) is 5.10 Å². The molecule has 1 heterocycles. The first kappa shape index (κ1) is 12.1. The average Bonchev–Trinajstić information content (AvgIpc) is 2.27. The smallest absolute Gasteiger partial charge is 0.273 e. The highest BCUT2D eigenvalue weighted by molar-refractivity contribution is 5.79. The Morgan fingerprint density at radius 3 is 2.61 bits per heavy atom. The second kappa shape index (κ2) is 4.87. The van der Waals surface area contributed by atoms with Gasteiger partial charge in [-0.1, -0.05) is 29.8 Å². The van der Waals surface area contributed by atoms with Gasteiger partial charge in [-0.25, -0.2) is 0 Å². The molecule has 4 nitrogen and oxygen atoms in total. The SMILES string of the molecule is Cc1cccc(/C=N\n2c(N)cc(C)cc2=O)c1. The molecule has 2 aromatic rings. The molecule has 92 valence electrons. The van der Waals surface area contributed by atoms with E-state index in [4.69, 9.17) is 5.73 Å². The zero-order chi connectivity index (χ0) is 13.1. The van der Waals surface area contributed by atoms with Crippen molar-refractivity contribution < 1.29 is 0 Å². The molecule has 0 bridgehead atoms. The van der Waals surface area contributed by atoms with Crippen molar-refractivity contribution in [3.8, 4) is 0 Å². The van der Waals surface area contributed by atoms with Gasteiger partial charge in [0.2, 0.25) is 0 Å². The molecular weight excluding hydrogens is 226 g/mol. The molecular formula is C14H15N3O. The van der Waals surface area contributed by atoms with Crippen molar-refractivity contribution in [2.24, 2.45) is 5.10 Å². The number of hydrogen-bond donors (Lipinski definition) is 1. The molecule has 0 unspecified atom stereocenters. The first-order chi connectivity index (χ1) is 8.56. The number of aryl methyl sites for hydroxylation is 2. The number of hydrogen-bond acceptors (Lipinski definition) is 3. The van der Waals surface area contributed by atoms with Gasteiger partial charge in [0, 0.05) is 6.07 Å². The largest absolute Gasteiger partial charge is 0.384 e. The zero-order valence-electron chi connectivity index (χ0n) is 10.4. The van der Waals surface area contributed by atoms with Gasteiger partial charge in [-0.15, -0.1) is 0 Å². The summed E-state index contributed by atoms with van der Waals surface area (Å²) in [4.78, 5) is 11.7. The van der Waals surface area contributed by atoms with E-state index < -0.39 is 0 Å². The van der Waals surface area contributed by atoms with Crippen LogP contribution in [0.4, 0.5) is 5.82 Å². The highest BCUT2D eigenvalue weighted by atomic mass is 16.1. The normalized spacial score (nSPS) is 11.0. The average molecular weight is 241 g/mol. The summed E-state index contributed by atoms with van der Waals surface area (Å²) in [5.41, 5.74) is 8.45. The summed E-state index contributed by atoms with van der Waals surface area (Å²) in [6.07, 6.45) is 1.63. The molecule has 0 amide bonds. The van der Waals surface area contributed by atoms with Crippen molar-refractivity contribution >= 4 is 12.0 Å². The van der Waals surface area contributed by atoms with Gasteiger partial charge in [-0.3, -0.25) is 4.79 Å². The summed E-state index contributed by atoms with van der Waals surface area (Å²) in [5, 5.41) is 4.11. The maximum absolute atomic E-state index is 11.7. The molecule has 2 rings (SSSR count). The number of rotatable bonds is 2. The summed E-state index contributed by atoms with van der Waals surface area (Å²) >= 11 is 0. The lowest BCUT2D eigenvalue weighted by Gasteiger charge is -2.03. The van der Waals surface area contributed by atoms with Crippen LogP contribution in [0.1, 0.15) is 16.7 Å². The van der Waals surface area contributed by atoms with E-state index in [-0.39, 0.29) is 5.56 Å². The minimum Gasteiger partial charge on any atom is -0.384 e. The fourth-order valence-electron chi connectivity index (χ4n) is 1.72. The molecule has 0 fully saturated rings. The second-order valence-corrected chi connectivity index (χ2v) is 4.27. The van der Waals surface area contributed by atoms with Crippen LogP contribution in [0.15, 0.2) is 46.3 Å². The summed E-state index contributed by atoms with van der Waals surface area (Å²) < 4.78 is 1.19. The standard InChI is InChI=1S/C14H15N3O/c1-10-4-3-5-12(6-10)9-16-17-13(15)7-11(2)8-14(17)18/h3-9H,15H2,1-2H3/b16-9-. The van der Waals surface area contributed by atoms with Gasteiger partial charge in [-0.05, 0) is 31.0 Å². The lowest BCUT2D eigenvalue weighted by molar-refractivity contribution is 0.843. The third-order valence-electron chi connectivity index (χ3n) is 2.54. The fourth-order valence-corrected chi connectivity index (χ4v) is 1.72. The Balaban J connectivity index is 2.38. The molecule has 0 spiro atoms. The van der Waals surface area contributed by atoms with Gasteiger partial charge in [0.1, 0.15) is 5.82 Å². The van der Waals surface area contributed by atoms with Crippen LogP contribution >= 0.6 is 0 Å². The third-order valence-corrected chi connectivity index (χ3v) is 2.54. The summed E-state index contributed by atoms with van der Waals surface area (Å²) in [5.74, 6) is 0.337. The van der Waals surface area contributed by atoms with Crippen LogP contribution in [0.25, 0.3) is 0 Å². The van der Waals surface area contributed by atoms with Crippen molar-refractivity contribution in [3.63, 3.8) is 0 Å². The first-order valence-electron chi connectivity index (χ1n) is 5.66. The van der Waals surface area contributed by atoms with Crippen molar-refractivity contribution in [1.82, 2.24) is 4.68 Å². The summed E-state index contributed by atoms with van der Waals surface area (Å²) in [6.45, 7) is 3.83. The number of aromatic nitrogens is 1. The summed E-state index contributed by atoms with van der Waals surface area (Å²) in [7, 11) is 0. The van der Waals surface area contributed by atoms with E-state index in [1.807, 2.05) is 38.1 Å². The third kappa shape index (κ3) is 2.66. The van der Waals surface area contributed by atoms with Crippen LogP contribution in [0.3, 0.4) is 0 Å². The van der Waals surface area contributed by atoms with Gasteiger partial charge in [0.05, 0.1) is 6.21 Å². The van der Waals surface area contributed by atoms with E-state index >= 15 is 0 Å². The zero-order valence-corrected chi connectivity index (χ0v) is 10.4. The second-order valence-electron chi connectivity index (χ2n) is 4.27. The van der Waals surface area contributed by atoms with Gasteiger partial charge >= 0.3 is 0 Å². The quantitative estimate of drug-likeness (QED) is 0.817. The lowest BCUT2D eigenvalue weighted by atomic mass is 10.2. The Hall–Kier alpha value is -2.36. The maximum atomic E-state index is 11.7. The van der Waals surface area contributed by atoms with Crippen molar-refractivity contribution in [2.45, 2.75) is 13.8 Å². The Morgan fingerprint density at radius 1 is 1.17 bits per heavy atom. The molecule has 0 saturated carbocycles. The van der Waals surface area contributed by atoms with Crippen LogP contribution in [-0.4, -0.2) is 10.9 Å². The fraction of sp³-hybridized carbons (Fsp3) is 0.143. The maximum Gasteiger partial charge on any atom is 0.273 e. The Kier molecular flexibility index (Phi) is 3.28. The Labute approximate surface area is 105 Å². The van der Waals surface area contributed by atoms with E-state index in [9.17, 15) is 4.79 Å². The van der Waals surface area contributed by atoms with Crippen LogP contribution in [0, 0.1) is 13.8 Å². The van der Waals surface area contributed by atoms with Gasteiger partial charge in [0.15, 0.2) is 0 Å². The van der Waals surface area contributed by atoms with Gasteiger partial charge < -0.3 is 5.73 Å². The van der Waals surface area contributed by atoms with Crippen molar-refractivity contribution in [2.75, 3.05) is 5.73 Å². The molecule has 4 heteroatoms. The van der Waals surface area contributed by atoms with Gasteiger partial charge in [-0.2, -0.15) is 9.78 Å². The van der Waals surface area contributed by atoms with Gasteiger partial charge in [0.25, 0.3) is 5.56 Å². The van der Waals surface area contributed by atoms with E-state index in [1.165, 1.54) is 10.7 Å². The first-order valence-corrected chi connectivity index (χ1v) is 5.66. The Morgan fingerprint density at radius 2 is 1.94 bits per heavy atom. The highest BCUT2D eigenvalue weighted by Crippen LogP contribution is 2.04. The number of nitrogens with two attached hydrogens (primary N) is 1. The number of anilines is 1. The lowest BCUT2D eigenvalue weighted by Crippen LogP contribution is -2.19. The minimum atomic E-state index is -0.226. The molecule has 0 aliphatic carbocycles. The topological polar surface area (TPSA) is 60.4 Å². The predicted molar refractivity (Wildman–Crippen MR) is 74.0 cm³/mol. The monoisotopic (exact) mass is 241 g/mol. The van der Waals surface area contributed by atoms with Crippen LogP contribution in [-0.2, 0) is 0 Å². The van der Waals surface area contributed by atoms with Crippen LogP contribution in [0.5, 0.6) is 0 Å². The predicted octanol–water partition coefficient (Wildman–Crippen LogP) is 1.93. The van der Waals surface area contributed by atoms with Crippen LogP contribution in [0.2, 0.25) is 0 Å². The van der Waals surface area contributed by atoms with E-state index in [0.717, 1.165) is 16.7 Å². The van der Waals surface area contributed by atoms with Crippen LogP contribution < -0.4 is 11.3 Å². The summed E-state index contributed by atoms with van der Waals surface area (Å²) in [6, 6.07) is 11.1. The molecule has 0 aliphatic rings.